The molecule has 0 amide bonds. The topological polar surface area (TPSA) is 114 Å². The van der Waals surface area contributed by atoms with Crippen LogP contribution in [-0.4, -0.2) is 75.0 Å². The summed E-state index contributed by atoms with van der Waals surface area (Å²) in [6.07, 6.45) is 0.718. The van der Waals surface area contributed by atoms with Crippen molar-refractivity contribution in [2.45, 2.75) is 85.0 Å². The summed E-state index contributed by atoms with van der Waals surface area (Å²) >= 11 is 0. The van der Waals surface area contributed by atoms with Gasteiger partial charge in [0, 0.05) is 104 Å². The first kappa shape index (κ1) is 37.0. The number of para-hydroxylation sites is 2. The molecule has 14 heteroatoms. The summed E-state index contributed by atoms with van der Waals surface area (Å²) in [5, 5.41) is 0. The van der Waals surface area contributed by atoms with Gasteiger partial charge in [0.05, 0.1) is 13.2 Å². The van der Waals surface area contributed by atoms with E-state index in [-0.39, 0.29) is 18.6 Å². The van der Waals surface area contributed by atoms with Crippen molar-refractivity contribution < 1.29 is 46.2 Å². The molecule has 0 saturated heterocycles. The average molecular weight is 685 g/mol. The number of ether oxygens (including phenoxy) is 4. The Bertz CT molecular complexity index is 1420. The second-order valence-corrected chi connectivity index (χ2v) is 16.9. The van der Waals surface area contributed by atoms with Gasteiger partial charge in [-0.25, -0.2) is 0 Å². The minimum absolute atomic E-state index is 0.0233. The van der Waals surface area contributed by atoms with Crippen molar-refractivity contribution in [3.05, 3.63) is 58.7 Å². The number of nitrogens with zero attached hydrogens (tertiary/aromatic N) is 2. The number of benzene rings is 2. The van der Waals surface area contributed by atoms with Crippen molar-refractivity contribution in [2.75, 3.05) is 47.6 Å². The van der Waals surface area contributed by atoms with Gasteiger partial charge in [-0.3, -0.25) is 18.9 Å². The fourth-order valence-electron chi connectivity index (χ4n) is 5.64. The van der Waals surface area contributed by atoms with Gasteiger partial charge in [-0.15, -0.1) is 0 Å². The molecule has 2 heterocycles. The molecule has 2 aromatic carbocycles. The zero-order chi connectivity index (χ0) is 33.8. The van der Waals surface area contributed by atoms with Crippen molar-refractivity contribution in [3.63, 3.8) is 0 Å². The van der Waals surface area contributed by atoms with Crippen LogP contribution in [0.25, 0.3) is 0 Å². The summed E-state index contributed by atoms with van der Waals surface area (Å²) < 4.78 is 73.0. The molecule has 0 aliphatic carbocycles. The van der Waals surface area contributed by atoms with Crippen LogP contribution in [0.3, 0.4) is 0 Å². The number of fused-ring (bicyclic) bond motifs is 2. The lowest BCUT2D eigenvalue weighted by atomic mass is 10.0. The SMILES string of the molecule is CCC(CN(Cc1cccc2c1OC(C)(C)OC2)CP(=O)(OC)OC)N(Cc1cccc2c1OC(C)(C)OC2)CP(=O)(OC)OC. The summed E-state index contributed by atoms with van der Waals surface area (Å²) in [6.45, 7) is 11.6. The Morgan fingerprint density at radius 2 is 1.20 bits per heavy atom. The highest BCUT2D eigenvalue weighted by Crippen LogP contribution is 2.49. The Labute approximate surface area is 273 Å². The van der Waals surface area contributed by atoms with Crippen molar-refractivity contribution >= 4 is 15.2 Å². The second-order valence-electron chi connectivity index (χ2n) is 12.4. The fourth-order valence-corrected chi connectivity index (χ4v) is 7.88. The summed E-state index contributed by atoms with van der Waals surface area (Å²) in [5.41, 5.74) is 3.72. The molecule has 2 aliphatic heterocycles. The Morgan fingerprint density at radius 1 is 0.739 bits per heavy atom. The van der Waals surface area contributed by atoms with Crippen LogP contribution in [0.5, 0.6) is 11.5 Å². The zero-order valence-electron chi connectivity index (χ0n) is 28.6. The summed E-state index contributed by atoms with van der Waals surface area (Å²) in [5.74, 6) is -0.0784. The van der Waals surface area contributed by atoms with Gasteiger partial charge in [0.25, 0.3) is 0 Å². The molecule has 0 aromatic heterocycles. The Kier molecular flexibility index (Phi) is 12.2. The summed E-state index contributed by atoms with van der Waals surface area (Å²) in [4.78, 5) is 4.12. The van der Waals surface area contributed by atoms with Gasteiger partial charge in [-0.2, -0.15) is 0 Å². The first-order chi connectivity index (χ1) is 21.7. The highest BCUT2D eigenvalue weighted by Gasteiger charge is 2.36. The molecule has 46 heavy (non-hydrogen) atoms. The second kappa shape index (κ2) is 15.2. The molecule has 0 N–H and O–H groups in total. The molecule has 1 unspecified atom stereocenters. The van der Waals surface area contributed by atoms with E-state index in [1.165, 1.54) is 28.4 Å². The van der Waals surface area contributed by atoms with Gasteiger partial charge in [-0.05, 0) is 6.42 Å². The van der Waals surface area contributed by atoms with Crippen LogP contribution in [0.4, 0.5) is 0 Å². The lowest BCUT2D eigenvalue weighted by molar-refractivity contribution is -0.181. The number of hydrogen-bond donors (Lipinski definition) is 0. The lowest BCUT2D eigenvalue weighted by Gasteiger charge is -2.39. The molecule has 0 spiro atoms. The Hall–Kier alpha value is -1.82. The maximum absolute atomic E-state index is 13.6. The third-order valence-electron chi connectivity index (χ3n) is 8.27. The van der Waals surface area contributed by atoms with E-state index in [0.717, 1.165) is 33.8 Å². The average Bonchev–Trinajstić information content (AvgIpc) is 3.03. The van der Waals surface area contributed by atoms with Gasteiger partial charge >= 0.3 is 15.2 Å². The van der Waals surface area contributed by atoms with Gasteiger partial charge in [-0.1, -0.05) is 43.3 Å². The lowest BCUT2D eigenvalue weighted by Crippen LogP contribution is -2.44. The van der Waals surface area contributed by atoms with E-state index in [2.05, 4.69) is 11.8 Å². The quantitative estimate of drug-likeness (QED) is 0.171. The maximum Gasteiger partial charge on any atom is 0.344 e. The summed E-state index contributed by atoms with van der Waals surface area (Å²) in [6, 6.07) is 11.7. The van der Waals surface area contributed by atoms with Gasteiger partial charge in [0.15, 0.2) is 0 Å². The third-order valence-corrected chi connectivity index (χ3v) is 11.9. The van der Waals surface area contributed by atoms with Gasteiger partial charge in [0.2, 0.25) is 11.6 Å². The van der Waals surface area contributed by atoms with Crippen molar-refractivity contribution in [2.24, 2.45) is 0 Å². The largest absolute Gasteiger partial charge is 0.462 e. The van der Waals surface area contributed by atoms with Crippen molar-refractivity contribution in [1.29, 1.82) is 0 Å². The van der Waals surface area contributed by atoms with E-state index in [4.69, 9.17) is 37.0 Å². The molecule has 0 fully saturated rings. The first-order valence-electron chi connectivity index (χ1n) is 15.4. The maximum atomic E-state index is 13.6. The van der Waals surface area contributed by atoms with Crippen LogP contribution in [0, 0.1) is 0 Å². The van der Waals surface area contributed by atoms with E-state index in [9.17, 15) is 9.13 Å². The molecular formula is C32H50N2O10P2. The van der Waals surface area contributed by atoms with E-state index in [1.807, 2.05) is 69.0 Å². The standard InChI is InChI=1S/C32H50N2O10P2/c1-10-28(34(23-46(36,39-8)40-9)18-25-14-12-16-27-21-42-32(4,5)44-30(25)27)19-33(22-45(35,37-6)38-7)17-24-13-11-15-26-20-41-31(2,3)43-29(24)26/h11-16,28H,10,17-23H2,1-9H3. The molecule has 0 saturated carbocycles. The highest BCUT2D eigenvalue weighted by molar-refractivity contribution is 7.54. The highest BCUT2D eigenvalue weighted by atomic mass is 31.2. The predicted octanol–water partition coefficient (Wildman–Crippen LogP) is 6.95. The minimum atomic E-state index is -3.48. The molecule has 4 rings (SSSR count). The van der Waals surface area contributed by atoms with Crippen LogP contribution in [0.15, 0.2) is 36.4 Å². The molecular weight excluding hydrogens is 634 g/mol. The fraction of sp³-hybridized carbons (Fsp3) is 0.625. The molecule has 258 valence electrons. The molecule has 0 bridgehead atoms. The van der Waals surface area contributed by atoms with Crippen LogP contribution in [-0.2, 0) is 63.0 Å². The Balaban J connectivity index is 1.71. The first-order valence-corrected chi connectivity index (χ1v) is 18.9. The van der Waals surface area contributed by atoms with Crippen LogP contribution >= 0.6 is 15.2 Å². The third kappa shape index (κ3) is 9.20. The van der Waals surface area contributed by atoms with Gasteiger partial charge < -0.3 is 37.0 Å². The molecule has 1 atom stereocenters. The Morgan fingerprint density at radius 3 is 1.65 bits per heavy atom. The summed E-state index contributed by atoms with van der Waals surface area (Å²) in [7, 11) is -1.41. The van der Waals surface area contributed by atoms with Crippen molar-refractivity contribution in [1.82, 2.24) is 9.80 Å². The molecule has 12 nitrogen and oxygen atoms in total. The normalized spacial score (nSPS) is 18.1. The van der Waals surface area contributed by atoms with E-state index >= 15 is 0 Å². The predicted molar refractivity (Wildman–Crippen MR) is 175 cm³/mol. The number of hydrogen-bond acceptors (Lipinski definition) is 12. The molecule has 2 aromatic rings. The number of rotatable bonds is 16. The molecule has 0 radical (unpaired) electrons. The van der Waals surface area contributed by atoms with Crippen LogP contribution in [0.2, 0.25) is 0 Å². The van der Waals surface area contributed by atoms with Gasteiger partial charge in [0.1, 0.15) is 24.1 Å². The van der Waals surface area contributed by atoms with E-state index in [0.29, 0.717) is 39.3 Å². The monoisotopic (exact) mass is 684 g/mol. The van der Waals surface area contributed by atoms with E-state index < -0.39 is 26.8 Å². The van der Waals surface area contributed by atoms with E-state index in [1.54, 1.807) is 0 Å². The van der Waals surface area contributed by atoms with Crippen LogP contribution in [0.1, 0.15) is 63.3 Å². The zero-order valence-corrected chi connectivity index (χ0v) is 30.4. The molecule has 2 aliphatic rings. The smallest absolute Gasteiger partial charge is 0.344 e. The minimum Gasteiger partial charge on any atom is -0.462 e. The van der Waals surface area contributed by atoms with Crippen LogP contribution < -0.4 is 9.47 Å². The van der Waals surface area contributed by atoms with Crippen molar-refractivity contribution in [3.8, 4) is 11.5 Å².